The Morgan fingerprint density at radius 2 is 1.59 bits per heavy atom. The molecule has 0 spiro atoms. The van der Waals surface area contributed by atoms with Crippen LogP contribution < -0.4 is 10.0 Å². The number of carbonyl (C=O) groups excluding carboxylic acids is 1. The Bertz CT molecular complexity index is 1180. The largest absolute Gasteiger partial charge is 0.416 e. The number of hydrogen-bond donors (Lipinski definition) is 2. The lowest BCUT2D eigenvalue weighted by molar-refractivity contribution is -0.137. The molecule has 0 aromatic heterocycles. The maximum atomic E-state index is 12.9. The Morgan fingerprint density at radius 1 is 0.938 bits per heavy atom. The van der Waals surface area contributed by atoms with Gasteiger partial charge >= 0.3 is 6.18 Å². The summed E-state index contributed by atoms with van der Waals surface area (Å²) in [7, 11) is -3.95. The number of rotatable bonds is 7. The third-order valence-corrected chi connectivity index (χ3v) is 6.18. The van der Waals surface area contributed by atoms with E-state index in [-0.39, 0.29) is 17.0 Å². The van der Waals surface area contributed by atoms with Gasteiger partial charge in [0, 0.05) is 12.1 Å². The van der Waals surface area contributed by atoms with Gasteiger partial charge in [-0.3, -0.25) is 4.79 Å². The molecule has 9 heteroatoms. The van der Waals surface area contributed by atoms with Crippen molar-refractivity contribution in [2.45, 2.75) is 30.5 Å². The van der Waals surface area contributed by atoms with Crippen molar-refractivity contribution >= 4 is 21.6 Å². The Morgan fingerprint density at radius 3 is 2.22 bits per heavy atom. The van der Waals surface area contributed by atoms with Gasteiger partial charge in [0.25, 0.3) is 0 Å². The standard InChI is InChI=1S/C23H21F3N2O3S/c1-16-10-12-20(13-11-16)32(30,31)28-21(17-6-3-2-4-7-17)15-22(29)27-19-9-5-8-18(14-19)23(24,25)26/h2-14,21,28H,15H2,1H3,(H,27,29)/t21-/m1/s1. The zero-order valence-electron chi connectivity index (χ0n) is 17.1. The van der Waals surface area contributed by atoms with Crippen LogP contribution in [0.2, 0.25) is 0 Å². The highest BCUT2D eigenvalue weighted by atomic mass is 32.2. The number of benzene rings is 3. The summed E-state index contributed by atoms with van der Waals surface area (Å²) in [5, 5.41) is 2.41. The average Bonchev–Trinajstić information content (AvgIpc) is 2.73. The van der Waals surface area contributed by atoms with Crippen LogP contribution in [0.3, 0.4) is 0 Å². The van der Waals surface area contributed by atoms with Crippen LogP contribution in [0.5, 0.6) is 0 Å². The minimum absolute atomic E-state index is 0.0296. The second kappa shape index (κ2) is 9.54. The van der Waals surface area contributed by atoms with Crippen LogP contribution in [-0.2, 0) is 21.0 Å². The first-order valence-corrected chi connectivity index (χ1v) is 11.1. The van der Waals surface area contributed by atoms with Crippen LogP contribution in [0.15, 0.2) is 83.8 Å². The van der Waals surface area contributed by atoms with Gasteiger partial charge < -0.3 is 5.32 Å². The van der Waals surface area contributed by atoms with Gasteiger partial charge in [0.2, 0.25) is 15.9 Å². The molecule has 0 saturated heterocycles. The van der Waals surface area contributed by atoms with E-state index in [2.05, 4.69) is 10.0 Å². The molecule has 0 aliphatic rings. The molecular formula is C23H21F3N2O3S. The first kappa shape index (κ1) is 23.5. The second-order valence-corrected chi connectivity index (χ2v) is 8.94. The first-order valence-electron chi connectivity index (χ1n) is 9.66. The molecule has 1 amide bonds. The normalized spacial score (nSPS) is 12.9. The summed E-state index contributed by atoms with van der Waals surface area (Å²) in [5.74, 6) is -0.634. The molecule has 3 rings (SSSR count). The molecule has 0 fully saturated rings. The summed E-state index contributed by atoms with van der Waals surface area (Å²) in [5.41, 5.74) is 0.513. The topological polar surface area (TPSA) is 75.3 Å². The highest BCUT2D eigenvalue weighted by molar-refractivity contribution is 7.89. The van der Waals surface area contributed by atoms with Crippen molar-refractivity contribution in [2.75, 3.05) is 5.32 Å². The predicted molar refractivity (Wildman–Crippen MR) is 115 cm³/mol. The predicted octanol–water partition coefficient (Wildman–Crippen LogP) is 5.06. The molecule has 0 aliphatic heterocycles. The van der Waals surface area contributed by atoms with Crippen molar-refractivity contribution in [1.82, 2.24) is 4.72 Å². The quantitative estimate of drug-likeness (QED) is 0.515. The fourth-order valence-electron chi connectivity index (χ4n) is 3.06. The first-order chi connectivity index (χ1) is 15.0. The molecule has 3 aromatic carbocycles. The lowest BCUT2D eigenvalue weighted by Gasteiger charge is -2.19. The summed E-state index contributed by atoms with van der Waals surface area (Å²) >= 11 is 0. The van der Waals surface area contributed by atoms with Crippen LogP contribution in [0.25, 0.3) is 0 Å². The van der Waals surface area contributed by atoms with Crippen molar-refractivity contribution in [1.29, 1.82) is 0 Å². The molecule has 0 aliphatic carbocycles. The molecule has 3 aromatic rings. The highest BCUT2D eigenvalue weighted by Gasteiger charge is 2.30. The highest BCUT2D eigenvalue weighted by Crippen LogP contribution is 2.31. The number of anilines is 1. The minimum Gasteiger partial charge on any atom is -0.326 e. The molecular weight excluding hydrogens is 441 g/mol. The SMILES string of the molecule is Cc1ccc(S(=O)(=O)N[C@H](CC(=O)Nc2cccc(C(F)(F)F)c2)c2ccccc2)cc1. The van der Waals surface area contributed by atoms with E-state index in [1.54, 1.807) is 42.5 Å². The molecule has 2 N–H and O–H groups in total. The van der Waals surface area contributed by atoms with Crippen LogP contribution in [-0.4, -0.2) is 14.3 Å². The number of sulfonamides is 1. The lowest BCUT2D eigenvalue weighted by Crippen LogP contribution is -2.31. The van der Waals surface area contributed by atoms with E-state index in [0.717, 1.165) is 17.7 Å². The zero-order valence-corrected chi connectivity index (χ0v) is 17.9. The number of halogens is 3. The van der Waals surface area contributed by atoms with Crippen molar-refractivity contribution in [2.24, 2.45) is 0 Å². The maximum Gasteiger partial charge on any atom is 0.416 e. The monoisotopic (exact) mass is 462 g/mol. The van der Waals surface area contributed by atoms with Gasteiger partial charge in [-0.2, -0.15) is 13.2 Å². The Kier molecular flexibility index (Phi) is 7.00. The van der Waals surface area contributed by atoms with E-state index >= 15 is 0 Å². The Balaban J connectivity index is 1.81. The maximum absolute atomic E-state index is 12.9. The van der Waals surface area contributed by atoms with Crippen molar-refractivity contribution in [3.05, 3.63) is 95.6 Å². The van der Waals surface area contributed by atoms with Gasteiger partial charge in [-0.25, -0.2) is 13.1 Å². The zero-order chi connectivity index (χ0) is 23.4. The number of alkyl halides is 3. The second-order valence-electron chi connectivity index (χ2n) is 7.23. The van der Waals surface area contributed by atoms with Crippen LogP contribution in [0.4, 0.5) is 18.9 Å². The number of carbonyl (C=O) groups is 1. The van der Waals surface area contributed by atoms with Crippen LogP contribution in [0, 0.1) is 6.92 Å². The summed E-state index contributed by atoms with van der Waals surface area (Å²) in [4.78, 5) is 12.6. The lowest BCUT2D eigenvalue weighted by atomic mass is 10.0. The van der Waals surface area contributed by atoms with E-state index in [1.807, 2.05) is 6.92 Å². The molecule has 32 heavy (non-hydrogen) atoms. The summed E-state index contributed by atoms with van der Waals surface area (Å²) in [6, 6.07) is 18.0. The minimum atomic E-state index is -4.54. The Hall–Kier alpha value is -3.17. The van der Waals surface area contributed by atoms with E-state index in [9.17, 15) is 26.4 Å². The van der Waals surface area contributed by atoms with Gasteiger partial charge in [0.05, 0.1) is 16.5 Å². The molecule has 0 saturated carbocycles. The fraction of sp³-hybridized carbons (Fsp3) is 0.174. The van der Waals surface area contributed by atoms with E-state index < -0.39 is 33.7 Å². The van der Waals surface area contributed by atoms with Gasteiger partial charge in [-0.1, -0.05) is 54.1 Å². The summed E-state index contributed by atoms with van der Waals surface area (Å²) in [6.45, 7) is 1.83. The van der Waals surface area contributed by atoms with E-state index in [4.69, 9.17) is 0 Å². The summed E-state index contributed by atoms with van der Waals surface area (Å²) in [6.07, 6.45) is -4.86. The fourth-order valence-corrected chi connectivity index (χ4v) is 4.28. The third kappa shape index (κ3) is 6.18. The molecule has 5 nitrogen and oxygen atoms in total. The number of hydrogen-bond acceptors (Lipinski definition) is 3. The van der Waals surface area contributed by atoms with Gasteiger partial charge in [0.15, 0.2) is 0 Å². The van der Waals surface area contributed by atoms with Crippen LogP contribution in [0.1, 0.15) is 29.2 Å². The molecule has 168 valence electrons. The number of nitrogens with one attached hydrogen (secondary N) is 2. The smallest absolute Gasteiger partial charge is 0.326 e. The molecule has 0 unspecified atom stereocenters. The molecule has 0 heterocycles. The molecule has 0 radical (unpaired) electrons. The van der Waals surface area contributed by atoms with E-state index in [0.29, 0.717) is 5.56 Å². The van der Waals surface area contributed by atoms with Gasteiger partial charge in [-0.15, -0.1) is 0 Å². The van der Waals surface area contributed by atoms with Crippen molar-refractivity contribution in [3.63, 3.8) is 0 Å². The van der Waals surface area contributed by atoms with Gasteiger partial charge in [0.1, 0.15) is 0 Å². The van der Waals surface area contributed by atoms with E-state index in [1.165, 1.54) is 24.3 Å². The van der Waals surface area contributed by atoms with Crippen LogP contribution >= 0.6 is 0 Å². The Labute approximate surface area is 184 Å². The average molecular weight is 462 g/mol. The van der Waals surface area contributed by atoms with Gasteiger partial charge in [-0.05, 0) is 42.8 Å². The molecule has 1 atom stereocenters. The molecule has 0 bridgehead atoms. The summed E-state index contributed by atoms with van der Waals surface area (Å²) < 4.78 is 67.0. The third-order valence-electron chi connectivity index (χ3n) is 4.69. The number of aryl methyl sites for hydroxylation is 1. The van der Waals surface area contributed by atoms with Crippen molar-refractivity contribution in [3.8, 4) is 0 Å². The van der Waals surface area contributed by atoms with Crippen molar-refractivity contribution < 1.29 is 26.4 Å². The number of amides is 1.